The second kappa shape index (κ2) is 6.73. The lowest BCUT2D eigenvalue weighted by Gasteiger charge is -2.42. The number of carbonyl (C=O) groups is 1. The van der Waals surface area contributed by atoms with E-state index in [1.807, 2.05) is 32.6 Å². The van der Waals surface area contributed by atoms with Crippen molar-refractivity contribution >= 4 is 18.3 Å². The minimum Gasteiger partial charge on any atom is -0.369 e. The summed E-state index contributed by atoms with van der Waals surface area (Å²) >= 11 is 0. The lowest BCUT2D eigenvalue weighted by atomic mass is 9.97. The normalized spacial score (nSPS) is 26.1. The molecule has 2 N–H and O–H groups in total. The molecule has 3 atom stereocenters. The van der Waals surface area contributed by atoms with Gasteiger partial charge in [0.05, 0.1) is 17.7 Å². The van der Waals surface area contributed by atoms with Crippen LogP contribution in [0, 0.1) is 5.92 Å². The number of amides is 1. The smallest absolute Gasteiger partial charge is 0.239 e. The molecule has 1 saturated heterocycles. The summed E-state index contributed by atoms with van der Waals surface area (Å²) in [6.07, 6.45) is 1.00. The van der Waals surface area contributed by atoms with Gasteiger partial charge in [0.1, 0.15) is 0 Å². The Balaban J connectivity index is 0.00000289. The highest BCUT2D eigenvalue weighted by molar-refractivity contribution is 5.85. The zero-order valence-corrected chi connectivity index (χ0v) is 12.9. The molecule has 0 aromatic heterocycles. The molecule has 1 heterocycles. The van der Waals surface area contributed by atoms with Crippen molar-refractivity contribution in [1.82, 2.24) is 4.90 Å². The summed E-state index contributed by atoms with van der Waals surface area (Å²) in [4.78, 5) is 14.1. The summed E-state index contributed by atoms with van der Waals surface area (Å²) < 4.78 is 5.79. The van der Waals surface area contributed by atoms with Crippen molar-refractivity contribution in [1.29, 1.82) is 0 Å². The summed E-state index contributed by atoms with van der Waals surface area (Å²) in [6, 6.07) is -0.388. The van der Waals surface area contributed by atoms with Crippen LogP contribution >= 0.6 is 12.4 Å². The van der Waals surface area contributed by atoms with Crippen molar-refractivity contribution in [2.24, 2.45) is 11.7 Å². The second-order valence-electron chi connectivity index (χ2n) is 5.82. The summed E-state index contributed by atoms with van der Waals surface area (Å²) in [5, 5.41) is 0. The van der Waals surface area contributed by atoms with Gasteiger partial charge in [-0.3, -0.25) is 4.79 Å². The van der Waals surface area contributed by atoms with Gasteiger partial charge >= 0.3 is 0 Å². The number of nitrogens with two attached hydrogens (primary N) is 1. The predicted molar refractivity (Wildman–Crippen MR) is 75.9 cm³/mol. The summed E-state index contributed by atoms with van der Waals surface area (Å²) in [6.45, 7) is 11.4. The van der Waals surface area contributed by atoms with Gasteiger partial charge in [0, 0.05) is 13.1 Å². The van der Waals surface area contributed by atoms with Crippen LogP contribution in [-0.2, 0) is 9.53 Å². The molecule has 1 rings (SSSR count). The van der Waals surface area contributed by atoms with E-state index in [2.05, 4.69) is 6.92 Å². The number of hydrogen-bond acceptors (Lipinski definition) is 3. The Morgan fingerprint density at radius 1 is 1.56 bits per heavy atom. The molecule has 1 fully saturated rings. The highest BCUT2D eigenvalue weighted by Gasteiger charge is 2.36. The van der Waals surface area contributed by atoms with Crippen molar-refractivity contribution in [3.05, 3.63) is 0 Å². The number of nitrogens with zero attached hydrogens (tertiary/aromatic N) is 1. The molecule has 0 saturated carbocycles. The number of morpholine rings is 1. The molecule has 4 nitrogen and oxygen atoms in total. The molecule has 1 amide bonds. The van der Waals surface area contributed by atoms with E-state index in [9.17, 15) is 4.79 Å². The minimum absolute atomic E-state index is 0. The Morgan fingerprint density at radius 3 is 2.56 bits per heavy atom. The molecule has 1 aliphatic heterocycles. The van der Waals surface area contributed by atoms with Gasteiger partial charge in [-0.25, -0.2) is 0 Å². The van der Waals surface area contributed by atoms with E-state index in [4.69, 9.17) is 10.5 Å². The van der Waals surface area contributed by atoms with Crippen LogP contribution < -0.4 is 5.73 Å². The van der Waals surface area contributed by atoms with Crippen LogP contribution in [0.4, 0.5) is 0 Å². The summed E-state index contributed by atoms with van der Waals surface area (Å²) in [5.41, 5.74) is 5.73. The molecule has 0 bridgehead atoms. The lowest BCUT2D eigenvalue weighted by molar-refractivity contribution is -0.160. The van der Waals surface area contributed by atoms with Crippen LogP contribution in [0.1, 0.15) is 41.0 Å². The maximum absolute atomic E-state index is 12.3. The van der Waals surface area contributed by atoms with Gasteiger partial charge in [0.25, 0.3) is 0 Å². The number of carbonyl (C=O) groups excluding carboxylic acids is 1. The first kappa shape index (κ1) is 17.7. The largest absolute Gasteiger partial charge is 0.369 e. The van der Waals surface area contributed by atoms with Crippen molar-refractivity contribution in [3.63, 3.8) is 0 Å². The molecule has 0 aliphatic carbocycles. The Hall–Kier alpha value is -0.320. The van der Waals surface area contributed by atoms with E-state index in [0.717, 1.165) is 6.42 Å². The highest BCUT2D eigenvalue weighted by atomic mass is 35.5. The third-order valence-electron chi connectivity index (χ3n) is 3.42. The van der Waals surface area contributed by atoms with Crippen LogP contribution in [0.3, 0.4) is 0 Å². The molecule has 0 aromatic rings. The predicted octanol–water partition coefficient (Wildman–Crippen LogP) is 1.81. The van der Waals surface area contributed by atoms with Crippen LogP contribution in [0.5, 0.6) is 0 Å². The van der Waals surface area contributed by atoms with E-state index >= 15 is 0 Å². The molecule has 0 aromatic carbocycles. The number of ether oxygens (including phenoxy) is 1. The molecular weight excluding hydrogens is 252 g/mol. The lowest BCUT2D eigenvalue weighted by Crippen LogP contribution is -2.58. The molecule has 3 unspecified atom stereocenters. The van der Waals surface area contributed by atoms with Gasteiger partial charge in [0.2, 0.25) is 5.91 Å². The zero-order chi connectivity index (χ0) is 13.2. The quantitative estimate of drug-likeness (QED) is 0.857. The van der Waals surface area contributed by atoms with Gasteiger partial charge < -0.3 is 15.4 Å². The maximum atomic E-state index is 12.3. The van der Waals surface area contributed by atoms with Gasteiger partial charge in [-0.1, -0.05) is 20.3 Å². The Bertz CT molecular complexity index is 284. The summed E-state index contributed by atoms with van der Waals surface area (Å²) in [7, 11) is 0. The fourth-order valence-electron chi connectivity index (χ4n) is 2.33. The van der Waals surface area contributed by atoms with Crippen LogP contribution in [0.25, 0.3) is 0 Å². The highest BCUT2D eigenvalue weighted by Crippen LogP contribution is 2.22. The fourth-order valence-corrected chi connectivity index (χ4v) is 2.33. The number of rotatable bonds is 3. The standard InChI is InChI=1S/C13H26N2O2.ClH/c1-6-9(2)11(14)12(16)15-7-10(3)17-13(4,5)8-15;/h9-11H,6-8,14H2,1-5H3;1H. The topological polar surface area (TPSA) is 55.6 Å². The molecule has 0 radical (unpaired) electrons. The average Bonchev–Trinajstić information content (AvgIpc) is 2.23. The second-order valence-corrected chi connectivity index (χ2v) is 5.82. The zero-order valence-electron chi connectivity index (χ0n) is 12.1. The van der Waals surface area contributed by atoms with E-state index in [0.29, 0.717) is 13.1 Å². The molecule has 1 aliphatic rings. The summed E-state index contributed by atoms with van der Waals surface area (Å²) in [5.74, 6) is 0.284. The minimum atomic E-state index is -0.388. The number of halogens is 1. The van der Waals surface area contributed by atoms with Crippen molar-refractivity contribution < 1.29 is 9.53 Å². The van der Waals surface area contributed by atoms with Crippen LogP contribution in [-0.4, -0.2) is 41.6 Å². The van der Waals surface area contributed by atoms with Gasteiger partial charge in [-0.15, -0.1) is 12.4 Å². The van der Waals surface area contributed by atoms with Crippen molar-refractivity contribution in [2.45, 2.75) is 58.8 Å². The monoisotopic (exact) mass is 278 g/mol. The first-order chi connectivity index (χ1) is 7.76. The van der Waals surface area contributed by atoms with Crippen LogP contribution in [0.2, 0.25) is 0 Å². The Kier molecular flexibility index (Phi) is 6.61. The number of hydrogen-bond donors (Lipinski definition) is 1. The SMILES string of the molecule is CCC(C)C(N)C(=O)N1CC(C)OC(C)(C)C1.Cl. The molecule has 108 valence electrons. The Morgan fingerprint density at radius 2 is 2.11 bits per heavy atom. The van der Waals surface area contributed by atoms with Crippen molar-refractivity contribution in [2.75, 3.05) is 13.1 Å². The fraction of sp³-hybridized carbons (Fsp3) is 0.923. The van der Waals surface area contributed by atoms with Crippen molar-refractivity contribution in [3.8, 4) is 0 Å². The molecule has 18 heavy (non-hydrogen) atoms. The third kappa shape index (κ3) is 4.41. The van der Waals surface area contributed by atoms with E-state index < -0.39 is 0 Å². The third-order valence-corrected chi connectivity index (χ3v) is 3.42. The van der Waals surface area contributed by atoms with Gasteiger partial charge in [0.15, 0.2) is 0 Å². The van der Waals surface area contributed by atoms with Gasteiger partial charge in [-0.05, 0) is 26.7 Å². The molecular formula is C13H27ClN2O2. The average molecular weight is 279 g/mol. The van der Waals surface area contributed by atoms with E-state index in [1.165, 1.54) is 0 Å². The van der Waals surface area contributed by atoms with E-state index in [1.54, 1.807) is 0 Å². The maximum Gasteiger partial charge on any atom is 0.239 e. The molecule has 5 heteroatoms. The van der Waals surface area contributed by atoms with Crippen LogP contribution in [0.15, 0.2) is 0 Å². The Labute approximate surface area is 117 Å². The van der Waals surface area contributed by atoms with E-state index in [-0.39, 0.29) is 42.0 Å². The molecule has 0 spiro atoms. The first-order valence-electron chi connectivity index (χ1n) is 6.49. The van der Waals surface area contributed by atoms with Gasteiger partial charge in [-0.2, -0.15) is 0 Å². The first-order valence-corrected chi connectivity index (χ1v) is 6.49.